The van der Waals surface area contributed by atoms with Gasteiger partial charge < -0.3 is 19.0 Å². The van der Waals surface area contributed by atoms with Crippen molar-refractivity contribution >= 4 is 22.2 Å². The van der Waals surface area contributed by atoms with Gasteiger partial charge in [0.05, 0.1) is 7.11 Å². The normalized spacial score (nSPS) is 13.4. The van der Waals surface area contributed by atoms with Crippen LogP contribution in [0.3, 0.4) is 0 Å². The molecule has 1 rings (SSSR count). The molecular formula is C16H20F3NO7S. The molecule has 0 bridgehead atoms. The van der Waals surface area contributed by atoms with Gasteiger partial charge in [-0.15, -0.1) is 0 Å². The van der Waals surface area contributed by atoms with Crippen LogP contribution in [0.5, 0.6) is 5.75 Å². The molecule has 0 radical (unpaired) electrons. The van der Waals surface area contributed by atoms with Crippen molar-refractivity contribution in [2.45, 2.75) is 44.3 Å². The Morgan fingerprint density at radius 3 is 2.07 bits per heavy atom. The predicted molar refractivity (Wildman–Crippen MR) is 90.9 cm³/mol. The van der Waals surface area contributed by atoms with Crippen molar-refractivity contribution in [3.8, 4) is 5.75 Å². The molecular weight excluding hydrogens is 407 g/mol. The van der Waals surface area contributed by atoms with Gasteiger partial charge in [0.25, 0.3) is 0 Å². The molecule has 0 aliphatic carbocycles. The van der Waals surface area contributed by atoms with Crippen LogP contribution >= 0.6 is 0 Å². The Morgan fingerprint density at radius 1 is 1.11 bits per heavy atom. The maximum atomic E-state index is 12.3. The highest BCUT2D eigenvalue weighted by atomic mass is 32.2. The van der Waals surface area contributed by atoms with Crippen LogP contribution in [0.1, 0.15) is 26.3 Å². The van der Waals surface area contributed by atoms with Crippen molar-refractivity contribution in [1.82, 2.24) is 5.32 Å². The molecule has 0 aliphatic rings. The minimum absolute atomic E-state index is 0.0851. The fourth-order valence-corrected chi connectivity index (χ4v) is 2.34. The van der Waals surface area contributed by atoms with Crippen LogP contribution in [-0.2, 0) is 30.8 Å². The zero-order valence-corrected chi connectivity index (χ0v) is 16.3. The summed E-state index contributed by atoms with van der Waals surface area (Å²) in [5.41, 5.74) is -5.96. The fraction of sp³-hybridized carbons (Fsp3) is 0.500. The lowest BCUT2D eigenvalue weighted by Crippen LogP contribution is -2.45. The molecule has 8 nitrogen and oxygen atoms in total. The Bertz CT molecular complexity index is 799. The van der Waals surface area contributed by atoms with E-state index in [0.29, 0.717) is 5.56 Å². The number of nitrogens with one attached hydrogen (secondary N) is 1. The van der Waals surface area contributed by atoms with Gasteiger partial charge in [0.2, 0.25) is 0 Å². The van der Waals surface area contributed by atoms with Crippen molar-refractivity contribution in [2.75, 3.05) is 7.11 Å². The first-order valence-electron chi connectivity index (χ1n) is 7.81. The molecule has 1 N–H and O–H groups in total. The summed E-state index contributed by atoms with van der Waals surface area (Å²) in [5, 5.41) is 2.33. The van der Waals surface area contributed by atoms with Crippen molar-refractivity contribution < 1.29 is 44.8 Å². The van der Waals surface area contributed by atoms with Gasteiger partial charge in [0.15, 0.2) is 0 Å². The number of carbonyl (C=O) groups is 2. The second kappa shape index (κ2) is 8.67. The Morgan fingerprint density at radius 2 is 1.64 bits per heavy atom. The van der Waals surface area contributed by atoms with Gasteiger partial charge in [-0.05, 0) is 38.5 Å². The van der Waals surface area contributed by atoms with E-state index in [1.807, 2.05) is 0 Å². The molecule has 0 saturated heterocycles. The number of halogens is 3. The van der Waals surface area contributed by atoms with Gasteiger partial charge in [0, 0.05) is 6.42 Å². The number of alkyl halides is 3. The van der Waals surface area contributed by atoms with E-state index in [0.717, 1.165) is 19.2 Å². The highest BCUT2D eigenvalue weighted by molar-refractivity contribution is 7.88. The Labute approximate surface area is 160 Å². The Hall–Kier alpha value is -2.50. The Balaban J connectivity index is 2.88. The topological polar surface area (TPSA) is 108 Å². The van der Waals surface area contributed by atoms with Crippen LogP contribution in [0, 0.1) is 0 Å². The third-order valence-electron chi connectivity index (χ3n) is 3.03. The van der Waals surface area contributed by atoms with Gasteiger partial charge >= 0.3 is 27.7 Å². The van der Waals surface area contributed by atoms with Crippen LogP contribution < -0.4 is 9.50 Å². The average Bonchev–Trinajstić information content (AvgIpc) is 2.52. The zero-order valence-electron chi connectivity index (χ0n) is 15.5. The molecule has 12 heteroatoms. The number of esters is 1. The van der Waals surface area contributed by atoms with E-state index < -0.39 is 45.1 Å². The van der Waals surface area contributed by atoms with Gasteiger partial charge in [-0.1, -0.05) is 12.1 Å². The monoisotopic (exact) mass is 427 g/mol. The van der Waals surface area contributed by atoms with E-state index in [9.17, 15) is 31.2 Å². The lowest BCUT2D eigenvalue weighted by atomic mass is 10.1. The highest BCUT2D eigenvalue weighted by Gasteiger charge is 2.48. The van der Waals surface area contributed by atoms with Crippen LogP contribution in [0.2, 0.25) is 0 Å². The van der Waals surface area contributed by atoms with Crippen LogP contribution in [0.15, 0.2) is 24.3 Å². The summed E-state index contributed by atoms with van der Waals surface area (Å²) in [4.78, 5) is 23.7. The molecule has 0 saturated carbocycles. The summed E-state index contributed by atoms with van der Waals surface area (Å²) in [5.74, 6) is -1.33. The molecule has 1 atom stereocenters. The first kappa shape index (κ1) is 23.5. The SMILES string of the molecule is COC(=O)[C@@H](Cc1ccc(OS(=O)(=O)C(F)(F)F)cc1)NC(=O)OC(C)(C)C. The second-order valence-electron chi connectivity index (χ2n) is 6.55. The van der Waals surface area contributed by atoms with E-state index >= 15 is 0 Å². The molecule has 0 unspecified atom stereocenters. The third-order valence-corrected chi connectivity index (χ3v) is 4.01. The van der Waals surface area contributed by atoms with E-state index in [1.54, 1.807) is 20.8 Å². The Kier molecular flexibility index (Phi) is 7.29. The predicted octanol–water partition coefficient (Wildman–Crippen LogP) is 2.52. The van der Waals surface area contributed by atoms with E-state index in [1.165, 1.54) is 12.1 Å². The first-order chi connectivity index (χ1) is 12.6. The minimum atomic E-state index is -5.79. The summed E-state index contributed by atoms with van der Waals surface area (Å²) < 4.78 is 72.6. The molecule has 0 aliphatic heterocycles. The second-order valence-corrected chi connectivity index (χ2v) is 8.09. The quantitative estimate of drug-likeness (QED) is 0.422. The van der Waals surface area contributed by atoms with E-state index in [-0.39, 0.29) is 6.42 Å². The van der Waals surface area contributed by atoms with Crippen molar-refractivity contribution in [1.29, 1.82) is 0 Å². The number of methoxy groups -OCH3 is 1. The summed E-state index contributed by atoms with van der Waals surface area (Å²) >= 11 is 0. The molecule has 158 valence electrons. The number of amides is 1. The summed E-state index contributed by atoms with van der Waals surface area (Å²) in [6.45, 7) is 4.90. The lowest BCUT2D eigenvalue weighted by Gasteiger charge is -2.22. The van der Waals surface area contributed by atoms with Crippen molar-refractivity contribution in [2.24, 2.45) is 0 Å². The summed E-state index contributed by atoms with van der Waals surface area (Å²) in [6, 6.07) is 3.33. The molecule has 0 spiro atoms. The van der Waals surface area contributed by atoms with Crippen LogP contribution in [0.4, 0.5) is 18.0 Å². The average molecular weight is 427 g/mol. The maximum Gasteiger partial charge on any atom is 0.534 e. The molecule has 0 fully saturated rings. The van der Waals surface area contributed by atoms with E-state index in [4.69, 9.17) is 4.74 Å². The molecule has 0 heterocycles. The summed E-state index contributed by atoms with van der Waals surface area (Å²) in [7, 11) is -4.67. The van der Waals surface area contributed by atoms with Gasteiger partial charge in [0.1, 0.15) is 17.4 Å². The first-order valence-corrected chi connectivity index (χ1v) is 9.22. The molecule has 0 aromatic heterocycles. The highest BCUT2D eigenvalue weighted by Crippen LogP contribution is 2.27. The van der Waals surface area contributed by atoms with Crippen molar-refractivity contribution in [3.05, 3.63) is 29.8 Å². The molecule has 1 amide bonds. The van der Waals surface area contributed by atoms with Gasteiger partial charge in [-0.25, -0.2) is 9.59 Å². The van der Waals surface area contributed by atoms with Crippen LogP contribution in [0.25, 0.3) is 0 Å². The van der Waals surface area contributed by atoms with Gasteiger partial charge in [-0.3, -0.25) is 0 Å². The van der Waals surface area contributed by atoms with E-state index in [2.05, 4.69) is 14.2 Å². The van der Waals surface area contributed by atoms with Crippen molar-refractivity contribution in [3.63, 3.8) is 0 Å². The van der Waals surface area contributed by atoms with Crippen LogP contribution in [-0.4, -0.2) is 44.7 Å². The fourth-order valence-electron chi connectivity index (χ4n) is 1.88. The lowest BCUT2D eigenvalue weighted by molar-refractivity contribution is -0.143. The minimum Gasteiger partial charge on any atom is -0.467 e. The number of rotatable bonds is 6. The smallest absolute Gasteiger partial charge is 0.467 e. The maximum absolute atomic E-state index is 12.3. The standard InChI is InChI=1S/C16H20F3NO7S/c1-15(2,3)26-14(22)20-12(13(21)25-4)9-10-5-7-11(8-6-10)27-28(23,24)16(17,18)19/h5-8,12H,9H2,1-4H3,(H,20,22)/t12-/m1/s1. The number of benzene rings is 1. The summed E-state index contributed by atoms with van der Waals surface area (Å²) in [6.07, 6.45) is -0.947. The third kappa shape index (κ3) is 7.25. The number of alkyl carbamates (subject to hydrolysis) is 1. The largest absolute Gasteiger partial charge is 0.534 e. The molecule has 28 heavy (non-hydrogen) atoms. The molecule has 1 aromatic carbocycles. The number of ether oxygens (including phenoxy) is 2. The van der Waals surface area contributed by atoms with Gasteiger partial charge in [-0.2, -0.15) is 21.6 Å². The number of hydrogen-bond donors (Lipinski definition) is 1. The molecule has 1 aromatic rings. The number of hydrogen-bond acceptors (Lipinski definition) is 7. The zero-order chi connectivity index (χ0) is 21.8. The number of carbonyl (C=O) groups excluding carboxylic acids is 2.